The van der Waals surface area contributed by atoms with Gasteiger partial charge < -0.3 is 19.0 Å². The zero-order valence-corrected chi connectivity index (χ0v) is 16.2. The third-order valence-corrected chi connectivity index (χ3v) is 4.92. The number of carbonyl (C=O) groups excluding carboxylic acids is 2. The molecule has 1 aromatic heterocycles. The van der Waals surface area contributed by atoms with E-state index in [9.17, 15) is 19.5 Å². The molecule has 1 N–H and O–H groups in total. The van der Waals surface area contributed by atoms with Gasteiger partial charge in [0.2, 0.25) is 5.91 Å². The summed E-state index contributed by atoms with van der Waals surface area (Å²) < 4.78 is 16.1. The van der Waals surface area contributed by atoms with Crippen LogP contribution >= 0.6 is 0 Å². The monoisotopic (exact) mass is 409 g/mol. The molecule has 3 aromatic rings. The number of nitrogens with zero attached hydrogens (tertiary/aromatic N) is 1. The lowest BCUT2D eigenvalue weighted by molar-refractivity contribution is -0.144. The van der Waals surface area contributed by atoms with Crippen molar-refractivity contribution in [3.8, 4) is 11.5 Å². The summed E-state index contributed by atoms with van der Waals surface area (Å²) in [6.07, 6.45) is 0.148. The van der Waals surface area contributed by atoms with Crippen molar-refractivity contribution in [2.45, 2.75) is 20.0 Å². The number of esters is 1. The minimum Gasteiger partial charge on any atom is -0.508 e. The molecule has 1 aliphatic rings. The highest BCUT2D eigenvalue weighted by molar-refractivity contribution is 5.99. The van der Waals surface area contributed by atoms with Crippen molar-refractivity contribution in [3.63, 3.8) is 0 Å². The molecule has 4 rings (SSSR count). The summed E-state index contributed by atoms with van der Waals surface area (Å²) in [7, 11) is 0. The molecule has 0 spiro atoms. The maximum absolute atomic E-state index is 12.5. The van der Waals surface area contributed by atoms with E-state index in [1.54, 1.807) is 37.3 Å². The third kappa shape index (κ3) is 3.71. The van der Waals surface area contributed by atoms with Crippen LogP contribution in [0, 0.1) is 6.92 Å². The Balaban J connectivity index is 1.54. The second-order valence-corrected chi connectivity index (χ2v) is 6.88. The molecule has 0 bridgehead atoms. The van der Waals surface area contributed by atoms with Crippen LogP contribution in [0.5, 0.6) is 11.5 Å². The number of phenolic OH excluding ortho intramolecular Hbond substituents is 1. The van der Waals surface area contributed by atoms with E-state index in [4.69, 9.17) is 13.9 Å². The number of fused-ring (bicyclic) bond motifs is 2. The van der Waals surface area contributed by atoms with E-state index in [0.29, 0.717) is 28.0 Å². The maximum Gasteiger partial charge on any atom is 0.336 e. The molecule has 0 atom stereocenters. The van der Waals surface area contributed by atoms with Crippen LogP contribution in [0.4, 0.5) is 5.69 Å². The summed E-state index contributed by atoms with van der Waals surface area (Å²) in [5.74, 6) is -0.343. The number of aromatic hydroxyl groups is 1. The van der Waals surface area contributed by atoms with E-state index < -0.39 is 11.6 Å². The lowest BCUT2D eigenvalue weighted by atomic mass is 10.1. The Morgan fingerprint density at radius 1 is 1.20 bits per heavy atom. The minimum absolute atomic E-state index is 0.000329. The van der Waals surface area contributed by atoms with E-state index in [-0.39, 0.29) is 43.4 Å². The van der Waals surface area contributed by atoms with Crippen LogP contribution in [0.2, 0.25) is 0 Å². The largest absolute Gasteiger partial charge is 0.508 e. The second kappa shape index (κ2) is 7.90. The summed E-state index contributed by atoms with van der Waals surface area (Å²) in [4.78, 5) is 38.2. The van der Waals surface area contributed by atoms with Crippen molar-refractivity contribution in [2.75, 3.05) is 18.1 Å². The van der Waals surface area contributed by atoms with Crippen LogP contribution in [0.1, 0.15) is 17.5 Å². The van der Waals surface area contributed by atoms with Gasteiger partial charge in [0.05, 0.1) is 18.7 Å². The molecule has 8 nitrogen and oxygen atoms in total. The standard InChI is InChI=1S/C22H19NO7/c1-13-17(24)7-6-15-14(10-20(26)30-22(13)15)12-29-21(27)11-23-16-4-2-3-5-18(16)28-9-8-19(23)25/h2-7,10,24H,8-9,11-12H2,1H3. The topological polar surface area (TPSA) is 106 Å². The van der Waals surface area contributed by atoms with Crippen molar-refractivity contribution in [1.82, 2.24) is 0 Å². The summed E-state index contributed by atoms with van der Waals surface area (Å²) in [5, 5.41) is 10.4. The molecule has 8 heteroatoms. The Kier molecular flexibility index (Phi) is 5.14. The van der Waals surface area contributed by atoms with Crippen molar-refractivity contribution in [2.24, 2.45) is 0 Å². The number of aryl methyl sites for hydroxylation is 1. The van der Waals surface area contributed by atoms with Gasteiger partial charge in [0.1, 0.15) is 30.2 Å². The van der Waals surface area contributed by atoms with Crippen LogP contribution in [0.25, 0.3) is 11.0 Å². The summed E-state index contributed by atoms with van der Waals surface area (Å²) >= 11 is 0. The number of benzene rings is 2. The molecule has 0 saturated heterocycles. The predicted octanol–water partition coefficient (Wildman–Crippen LogP) is 2.67. The van der Waals surface area contributed by atoms with Gasteiger partial charge in [0.25, 0.3) is 0 Å². The van der Waals surface area contributed by atoms with E-state index in [1.165, 1.54) is 17.0 Å². The van der Waals surface area contributed by atoms with Crippen LogP contribution in [0.3, 0.4) is 0 Å². The Hall–Kier alpha value is -3.81. The fraction of sp³-hybridized carbons (Fsp3) is 0.227. The SMILES string of the molecule is Cc1c(O)ccc2c(COC(=O)CN3C(=O)CCOc4ccccc43)cc(=O)oc12. The average Bonchev–Trinajstić information content (AvgIpc) is 2.88. The smallest absolute Gasteiger partial charge is 0.336 e. The number of hydrogen-bond donors (Lipinski definition) is 1. The number of anilines is 1. The first kappa shape index (κ1) is 19.5. The van der Waals surface area contributed by atoms with Gasteiger partial charge in [0, 0.05) is 22.6 Å². The van der Waals surface area contributed by atoms with Gasteiger partial charge in [-0.2, -0.15) is 0 Å². The van der Waals surface area contributed by atoms with Crippen LogP contribution in [-0.2, 0) is 20.9 Å². The number of para-hydroxylation sites is 2. The van der Waals surface area contributed by atoms with Gasteiger partial charge in [-0.1, -0.05) is 12.1 Å². The molecule has 0 aliphatic carbocycles. The van der Waals surface area contributed by atoms with Gasteiger partial charge in [-0.25, -0.2) is 4.79 Å². The van der Waals surface area contributed by atoms with Crippen LogP contribution in [0.15, 0.2) is 51.7 Å². The zero-order chi connectivity index (χ0) is 21.3. The normalized spacial score (nSPS) is 13.5. The van der Waals surface area contributed by atoms with Crippen molar-refractivity contribution in [1.29, 1.82) is 0 Å². The number of rotatable bonds is 4. The summed E-state index contributed by atoms with van der Waals surface area (Å²) in [6, 6.07) is 11.3. The molecule has 154 valence electrons. The molecular formula is C22H19NO7. The molecule has 30 heavy (non-hydrogen) atoms. The van der Waals surface area contributed by atoms with E-state index in [2.05, 4.69) is 0 Å². The molecule has 1 amide bonds. The van der Waals surface area contributed by atoms with E-state index in [1.807, 2.05) is 0 Å². The highest BCUT2D eigenvalue weighted by Crippen LogP contribution is 2.31. The lowest BCUT2D eigenvalue weighted by Crippen LogP contribution is -2.36. The summed E-state index contributed by atoms with van der Waals surface area (Å²) in [6.45, 7) is 1.41. The molecule has 0 radical (unpaired) electrons. The lowest BCUT2D eigenvalue weighted by Gasteiger charge is -2.21. The van der Waals surface area contributed by atoms with Gasteiger partial charge >= 0.3 is 11.6 Å². The fourth-order valence-electron chi connectivity index (χ4n) is 3.36. The highest BCUT2D eigenvalue weighted by atomic mass is 16.5. The van der Waals surface area contributed by atoms with Crippen molar-refractivity contribution in [3.05, 3.63) is 64.0 Å². The Morgan fingerprint density at radius 2 is 2.00 bits per heavy atom. The highest BCUT2D eigenvalue weighted by Gasteiger charge is 2.25. The summed E-state index contributed by atoms with van der Waals surface area (Å²) in [5.41, 5.74) is 1.00. The first-order chi connectivity index (χ1) is 14.4. The van der Waals surface area contributed by atoms with Gasteiger partial charge in [-0.15, -0.1) is 0 Å². The molecule has 0 unspecified atom stereocenters. The number of amides is 1. The number of phenols is 1. The van der Waals surface area contributed by atoms with Gasteiger partial charge in [0.15, 0.2) is 0 Å². The molecule has 2 aromatic carbocycles. The minimum atomic E-state index is -0.628. The molecule has 1 aliphatic heterocycles. The molecular weight excluding hydrogens is 390 g/mol. The molecule has 0 fully saturated rings. The quantitative estimate of drug-likeness (QED) is 0.522. The second-order valence-electron chi connectivity index (χ2n) is 6.88. The van der Waals surface area contributed by atoms with Gasteiger partial charge in [-0.3, -0.25) is 14.5 Å². The number of ether oxygens (including phenoxy) is 2. The first-order valence-corrected chi connectivity index (χ1v) is 9.37. The van der Waals surface area contributed by atoms with Gasteiger partial charge in [-0.05, 0) is 31.2 Å². The Morgan fingerprint density at radius 3 is 2.83 bits per heavy atom. The Bertz CT molecular complexity index is 1200. The first-order valence-electron chi connectivity index (χ1n) is 9.37. The number of hydrogen-bond acceptors (Lipinski definition) is 7. The zero-order valence-electron chi connectivity index (χ0n) is 16.2. The predicted molar refractivity (Wildman–Crippen MR) is 108 cm³/mol. The van der Waals surface area contributed by atoms with E-state index in [0.717, 1.165) is 0 Å². The third-order valence-electron chi connectivity index (χ3n) is 4.92. The number of carbonyl (C=O) groups is 2. The van der Waals surface area contributed by atoms with Crippen molar-refractivity contribution < 1.29 is 28.6 Å². The van der Waals surface area contributed by atoms with Crippen molar-refractivity contribution >= 4 is 28.5 Å². The average molecular weight is 409 g/mol. The maximum atomic E-state index is 12.5. The van der Waals surface area contributed by atoms with E-state index >= 15 is 0 Å². The molecule has 0 saturated carbocycles. The Labute approximate surface area is 171 Å². The molecule has 2 heterocycles. The van der Waals surface area contributed by atoms with Crippen LogP contribution in [-0.4, -0.2) is 30.1 Å². The van der Waals surface area contributed by atoms with Crippen LogP contribution < -0.4 is 15.3 Å². The fourth-order valence-corrected chi connectivity index (χ4v) is 3.36.